The van der Waals surface area contributed by atoms with Crippen LogP contribution in [0.1, 0.15) is 76.2 Å². The van der Waals surface area contributed by atoms with Crippen molar-refractivity contribution in [2.75, 3.05) is 0 Å². The van der Waals surface area contributed by atoms with Crippen LogP contribution in [0.2, 0.25) is 0 Å². The monoisotopic (exact) mass is 372 g/mol. The molecular formula is C23H32O2S. The molecule has 0 aliphatic heterocycles. The van der Waals surface area contributed by atoms with Crippen molar-refractivity contribution in [2.45, 2.75) is 75.5 Å². The van der Waals surface area contributed by atoms with Gasteiger partial charge >= 0.3 is 5.97 Å². The third kappa shape index (κ3) is 4.54. The quantitative estimate of drug-likeness (QED) is 0.385. The molecule has 1 aromatic rings. The molecule has 26 heavy (non-hydrogen) atoms. The molecule has 0 aromatic heterocycles. The molecule has 3 rings (SSSR count). The molecule has 3 heteroatoms. The summed E-state index contributed by atoms with van der Waals surface area (Å²) < 4.78 is 0. The number of allylic oxidation sites excluding steroid dienone is 2. The van der Waals surface area contributed by atoms with Gasteiger partial charge in [0.2, 0.25) is 0 Å². The van der Waals surface area contributed by atoms with Gasteiger partial charge in [0, 0.05) is 10.8 Å². The van der Waals surface area contributed by atoms with Crippen LogP contribution in [-0.2, 0) is 4.79 Å². The molecule has 0 saturated heterocycles. The van der Waals surface area contributed by atoms with E-state index in [9.17, 15) is 9.90 Å². The second-order valence-corrected chi connectivity index (χ2v) is 9.01. The molecular weight excluding hydrogens is 340 g/mol. The molecule has 2 saturated carbocycles. The molecule has 2 atom stereocenters. The summed E-state index contributed by atoms with van der Waals surface area (Å²) >= 11 is 4.36. The summed E-state index contributed by atoms with van der Waals surface area (Å²) in [5, 5.41) is 9.77. The highest BCUT2D eigenvalue weighted by Crippen LogP contribution is 2.56. The predicted octanol–water partition coefficient (Wildman–Crippen LogP) is 6.48. The Bertz CT molecular complexity index is 626. The molecule has 142 valence electrons. The number of carboxylic acid groups (broad SMARTS) is 1. The summed E-state index contributed by atoms with van der Waals surface area (Å²) in [6.45, 7) is 2.06. The van der Waals surface area contributed by atoms with E-state index in [0.717, 1.165) is 35.6 Å². The van der Waals surface area contributed by atoms with Gasteiger partial charge in [-0.3, -0.25) is 4.79 Å². The zero-order chi connectivity index (χ0) is 18.6. The third-order valence-corrected chi connectivity index (χ3v) is 7.02. The van der Waals surface area contributed by atoms with Crippen LogP contribution in [0.5, 0.6) is 0 Å². The Morgan fingerprint density at radius 1 is 1.27 bits per heavy atom. The number of carbonyl (C=O) groups is 1. The fraction of sp³-hybridized carbons (Fsp3) is 0.609. The topological polar surface area (TPSA) is 37.3 Å². The largest absolute Gasteiger partial charge is 0.481 e. The summed E-state index contributed by atoms with van der Waals surface area (Å²) in [7, 11) is 0. The number of carboxylic acids is 1. The van der Waals surface area contributed by atoms with E-state index < -0.39 is 5.97 Å². The number of aliphatic carboxylic acids is 1. The Morgan fingerprint density at radius 2 is 1.96 bits per heavy atom. The van der Waals surface area contributed by atoms with Crippen molar-refractivity contribution in [1.29, 1.82) is 0 Å². The van der Waals surface area contributed by atoms with Crippen molar-refractivity contribution in [3.05, 3.63) is 42.0 Å². The van der Waals surface area contributed by atoms with Crippen LogP contribution in [0, 0.1) is 17.3 Å². The highest BCUT2D eigenvalue weighted by molar-refractivity contribution is 7.80. The zero-order valence-electron chi connectivity index (χ0n) is 15.9. The number of thiol groups is 1. The van der Waals surface area contributed by atoms with Gasteiger partial charge in [0.15, 0.2) is 0 Å². The van der Waals surface area contributed by atoms with Gasteiger partial charge in [-0.15, -0.1) is 12.6 Å². The first-order valence-corrected chi connectivity index (χ1v) is 10.6. The van der Waals surface area contributed by atoms with Gasteiger partial charge in [0.25, 0.3) is 0 Å². The Morgan fingerprint density at radius 3 is 2.50 bits per heavy atom. The van der Waals surface area contributed by atoms with Crippen molar-refractivity contribution in [3.63, 3.8) is 0 Å². The van der Waals surface area contributed by atoms with Gasteiger partial charge in [-0.05, 0) is 80.4 Å². The van der Waals surface area contributed by atoms with Gasteiger partial charge in [0.05, 0.1) is 5.92 Å². The summed E-state index contributed by atoms with van der Waals surface area (Å²) in [6, 6.07) is 8.03. The number of hydrogen-bond acceptors (Lipinski definition) is 2. The van der Waals surface area contributed by atoms with Crippen LogP contribution in [0.3, 0.4) is 0 Å². The minimum Gasteiger partial charge on any atom is -0.481 e. The van der Waals surface area contributed by atoms with E-state index in [4.69, 9.17) is 0 Å². The Hall–Kier alpha value is -1.22. The molecule has 2 nitrogen and oxygen atoms in total. The summed E-state index contributed by atoms with van der Waals surface area (Å²) in [4.78, 5) is 12.8. The van der Waals surface area contributed by atoms with E-state index in [2.05, 4.69) is 31.7 Å². The average Bonchev–Trinajstić information content (AvgIpc) is 3.22. The van der Waals surface area contributed by atoms with Crippen LogP contribution >= 0.6 is 12.6 Å². The number of benzene rings is 1. The van der Waals surface area contributed by atoms with Crippen LogP contribution in [0.25, 0.3) is 0 Å². The van der Waals surface area contributed by atoms with Gasteiger partial charge in [-0.2, -0.15) is 0 Å². The summed E-state index contributed by atoms with van der Waals surface area (Å²) in [5.74, 6) is 0.0241. The molecule has 2 aliphatic carbocycles. The van der Waals surface area contributed by atoms with Crippen LogP contribution in [0.4, 0.5) is 0 Å². The number of fused-ring (bicyclic) bond motifs is 2. The minimum atomic E-state index is -0.673. The first-order chi connectivity index (χ1) is 12.5. The highest BCUT2D eigenvalue weighted by Gasteiger charge is 2.43. The SMILES string of the molecule is CCCC(C(=O)O)C(CC=CCC12CCC(CC1)C2)c1ccc(S)cc1. The van der Waals surface area contributed by atoms with E-state index in [1.54, 1.807) is 0 Å². The molecule has 0 spiro atoms. The predicted molar refractivity (Wildman–Crippen MR) is 110 cm³/mol. The van der Waals surface area contributed by atoms with Gasteiger partial charge < -0.3 is 5.11 Å². The Labute approximate surface area is 163 Å². The number of hydrogen-bond donors (Lipinski definition) is 2. The maximum absolute atomic E-state index is 11.9. The molecule has 2 aliphatic rings. The molecule has 2 bridgehead atoms. The van der Waals surface area contributed by atoms with E-state index >= 15 is 0 Å². The van der Waals surface area contributed by atoms with Crippen LogP contribution in [0.15, 0.2) is 41.3 Å². The molecule has 0 amide bonds. The van der Waals surface area contributed by atoms with Crippen LogP contribution in [-0.4, -0.2) is 11.1 Å². The van der Waals surface area contributed by atoms with E-state index in [0.29, 0.717) is 5.41 Å². The first-order valence-electron chi connectivity index (χ1n) is 10.2. The third-order valence-electron chi connectivity index (χ3n) is 6.72. The van der Waals surface area contributed by atoms with E-state index in [1.807, 2.05) is 24.3 Å². The maximum Gasteiger partial charge on any atom is 0.307 e. The molecule has 0 heterocycles. The smallest absolute Gasteiger partial charge is 0.307 e. The summed E-state index contributed by atoms with van der Waals surface area (Å²) in [6.07, 6.45) is 15.2. The molecule has 2 unspecified atom stereocenters. The molecule has 2 fully saturated rings. The zero-order valence-corrected chi connectivity index (χ0v) is 16.8. The lowest BCUT2D eigenvalue weighted by Gasteiger charge is -2.25. The number of rotatable bonds is 9. The van der Waals surface area contributed by atoms with Gasteiger partial charge in [0.1, 0.15) is 0 Å². The lowest BCUT2D eigenvalue weighted by molar-refractivity contribution is -0.142. The fourth-order valence-electron chi connectivity index (χ4n) is 5.24. The van der Waals surface area contributed by atoms with Crippen molar-refractivity contribution in [3.8, 4) is 0 Å². The molecule has 1 aromatic carbocycles. The first kappa shape index (κ1) is 19.5. The lowest BCUT2D eigenvalue weighted by Crippen LogP contribution is -2.22. The van der Waals surface area contributed by atoms with Gasteiger partial charge in [-0.1, -0.05) is 37.6 Å². The second kappa shape index (κ2) is 8.65. The minimum absolute atomic E-state index is 0.0371. The average molecular weight is 373 g/mol. The maximum atomic E-state index is 11.9. The summed E-state index contributed by atoms with van der Waals surface area (Å²) in [5.41, 5.74) is 1.69. The van der Waals surface area contributed by atoms with Crippen molar-refractivity contribution in [1.82, 2.24) is 0 Å². The van der Waals surface area contributed by atoms with Crippen molar-refractivity contribution >= 4 is 18.6 Å². The fourth-order valence-corrected chi connectivity index (χ4v) is 5.39. The van der Waals surface area contributed by atoms with Crippen molar-refractivity contribution < 1.29 is 9.90 Å². The van der Waals surface area contributed by atoms with E-state index in [1.165, 1.54) is 38.5 Å². The molecule has 0 radical (unpaired) electrons. The van der Waals surface area contributed by atoms with E-state index in [-0.39, 0.29) is 11.8 Å². The van der Waals surface area contributed by atoms with Crippen molar-refractivity contribution in [2.24, 2.45) is 17.3 Å². The van der Waals surface area contributed by atoms with Gasteiger partial charge in [-0.25, -0.2) is 0 Å². The second-order valence-electron chi connectivity index (χ2n) is 8.49. The standard InChI is InChI=1S/C23H32O2S/c1-2-5-21(22(24)25)20(18-7-9-19(26)10-8-18)6-3-4-13-23-14-11-17(16-23)12-15-23/h3-4,7-10,17,20-21,26H,2,5-6,11-16H2,1H3,(H,24,25). The molecule has 1 N–H and O–H groups in total. The lowest BCUT2D eigenvalue weighted by atomic mass is 9.79. The normalized spacial score (nSPS) is 27.1. The Balaban J connectivity index is 1.69. The highest BCUT2D eigenvalue weighted by atomic mass is 32.1. The Kier molecular flexibility index (Phi) is 6.50. The van der Waals surface area contributed by atoms with Crippen LogP contribution < -0.4 is 0 Å².